The van der Waals surface area contributed by atoms with Gasteiger partial charge in [0.05, 0.1) is 38.3 Å². The van der Waals surface area contributed by atoms with Crippen molar-refractivity contribution < 1.29 is 42.1 Å². The molecule has 2 aromatic carbocycles. The molecule has 1 aliphatic carbocycles. The van der Waals surface area contributed by atoms with Crippen LogP contribution in [0.1, 0.15) is 40.4 Å². The summed E-state index contributed by atoms with van der Waals surface area (Å²) < 4.78 is 49.4. The number of sulfonamides is 1. The van der Waals surface area contributed by atoms with Crippen molar-refractivity contribution in [1.29, 1.82) is 0 Å². The second kappa shape index (κ2) is 12.4. The Labute approximate surface area is 242 Å². The van der Waals surface area contributed by atoms with E-state index in [1.54, 1.807) is 18.2 Å². The van der Waals surface area contributed by atoms with Gasteiger partial charge in [0.1, 0.15) is 21.9 Å². The third-order valence-electron chi connectivity index (χ3n) is 6.17. The predicted octanol–water partition coefficient (Wildman–Crippen LogP) is 4.84. The third-order valence-corrected chi connectivity index (χ3v) is 7.41. The fourth-order valence-electron chi connectivity index (χ4n) is 3.94. The maximum Gasteiger partial charge on any atom is 0.338 e. The number of halogens is 2. The normalized spacial score (nSPS) is 13.8. The molecule has 13 heteroatoms. The highest BCUT2D eigenvalue weighted by Gasteiger charge is 2.26. The largest absolute Gasteiger partial charge is 0.493 e. The Bertz CT molecular complexity index is 1490. The first kappa shape index (κ1) is 29.6. The van der Waals surface area contributed by atoms with Gasteiger partial charge in [0.15, 0.2) is 11.5 Å². The molecule has 0 aliphatic heterocycles. The number of methoxy groups -OCH3 is 2. The van der Waals surface area contributed by atoms with E-state index in [0.29, 0.717) is 35.2 Å². The fraction of sp³-hybridized carbons (Fsp3) is 0.333. The van der Waals surface area contributed by atoms with Crippen LogP contribution in [0.15, 0.2) is 48.8 Å². The first-order valence-electron chi connectivity index (χ1n) is 12.2. The third kappa shape index (κ3) is 7.61. The van der Waals surface area contributed by atoms with Gasteiger partial charge in [-0.1, -0.05) is 29.3 Å². The van der Waals surface area contributed by atoms with E-state index in [0.717, 1.165) is 23.8 Å². The van der Waals surface area contributed by atoms with Crippen molar-refractivity contribution in [2.24, 2.45) is 5.92 Å². The number of carbonyl (C=O) groups is 1. The van der Waals surface area contributed by atoms with Crippen molar-refractivity contribution in [1.82, 2.24) is 0 Å². The van der Waals surface area contributed by atoms with Crippen molar-refractivity contribution in [2.75, 3.05) is 31.8 Å². The van der Waals surface area contributed by atoms with Crippen LogP contribution in [0.2, 0.25) is 10.0 Å². The average molecular weight is 613 g/mol. The van der Waals surface area contributed by atoms with Crippen molar-refractivity contribution in [3.05, 3.63) is 75.5 Å². The van der Waals surface area contributed by atoms with Crippen LogP contribution in [0.25, 0.3) is 0 Å². The van der Waals surface area contributed by atoms with E-state index >= 15 is 0 Å². The molecule has 0 radical (unpaired) electrons. The average Bonchev–Trinajstić information content (AvgIpc) is 3.72. The Morgan fingerprint density at radius 1 is 1.05 bits per heavy atom. The van der Waals surface area contributed by atoms with Crippen LogP contribution in [0.5, 0.6) is 17.2 Å². The number of benzene rings is 2. The number of esters is 1. The number of hydrogen-bond acceptors (Lipinski definition) is 8. The molecule has 0 saturated heterocycles. The molecule has 1 aromatic heterocycles. The van der Waals surface area contributed by atoms with Crippen LogP contribution in [-0.4, -0.2) is 46.7 Å². The predicted molar refractivity (Wildman–Crippen MR) is 148 cm³/mol. The summed E-state index contributed by atoms with van der Waals surface area (Å²) in [5, 5.41) is 10.1. The first-order chi connectivity index (χ1) is 19.0. The van der Waals surface area contributed by atoms with E-state index in [1.807, 2.05) is 0 Å². The van der Waals surface area contributed by atoms with Crippen LogP contribution >= 0.6 is 23.2 Å². The molecule has 214 valence electrons. The molecule has 2 N–H and O–H groups in total. The molecule has 4 rings (SSSR count). The summed E-state index contributed by atoms with van der Waals surface area (Å²) in [6.07, 6.45) is 4.82. The van der Waals surface area contributed by atoms with Crippen LogP contribution in [0.4, 0.5) is 5.69 Å². The summed E-state index contributed by atoms with van der Waals surface area (Å²) >= 11 is 12.7. The summed E-state index contributed by atoms with van der Waals surface area (Å²) in [5.41, 5.74) is 1.38. The number of hydrogen-bond donors (Lipinski definition) is 2. The molecule has 3 aromatic rings. The molecule has 1 heterocycles. The maximum absolute atomic E-state index is 13.4. The molecule has 1 atom stereocenters. The van der Waals surface area contributed by atoms with Gasteiger partial charge in [0, 0.05) is 16.7 Å². The molecule has 1 aliphatic rings. The Kier molecular flexibility index (Phi) is 9.17. The van der Waals surface area contributed by atoms with E-state index in [1.165, 1.54) is 44.8 Å². The second-order valence-electron chi connectivity index (χ2n) is 9.36. The Morgan fingerprint density at radius 2 is 1.73 bits per heavy atom. The van der Waals surface area contributed by atoms with Gasteiger partial charge in [-0.3, -0.25) is 9.93 Å². The van der Waals surface area contributed by atoms with Crippen molar-refractivity contribution in [3.8, 4) is 17.2 Å². The lowest BCUT2D eigenvalue weighted by atomic mass is 10.0. The number of aromatic nitrogens is 1. The van der Waals surface area contributed by atoms with Crippen molar-refractivity contribution in [3.63, 3.8) is 0 Å². The van der Waals surface area contributed by atoms with Crippen LogP contribution in [0.3, 0.4) is 0 Å². The van der Waals surface area contributed by atoms with Crippen LogP contribution in [-0.2, 0) is 21.2 Å². The molecule has 0 bridgehead atoms. The lowest BCUT2D eigenvalue weighted by molar-refractivity contribution is -0.904. The second-order valence-corrected chi connectivity index (χ2v) is 11.9. The van der Waals surface area contributed by atoms with Gasteiger partial charge in [-0.15, -0.1) is 0 Å². The number of rotatable bonds is 12. The van der Waals surface area contributed by atoms with Crippen LogP contribution in [0, 0.1) is 5.92 Å². The summed E-state index contributed by atoms with van der Waals surface area (Å²) in [6, 6.07) is 9.43. The minimum Gasteiger partial charge on any atom is -0.493 e. The number of pyridine rings is 1. The van der Waals surface area contributed by atoms with Gasteiger partial charge >= 0.3 is 5.97 Å². The summed E-state index contributed by atoms with van der Waals surface area (Å²) in [5.74, 6) is 0.832. The van der Waals surface area contributed by atoms with Gasteiger partial charge in [0.25, 0.3) is 0 Å². The van der Waals surface area contributed by atoms with Crippen molar-refractivity contribution in [2.45, 2.75) is 25.4 Å². The minimum absolute atomic E-state index is 0.0679. The maximum atomic E-state index is 13.4. The zero-order chi connectivity index (χ0) is 29.0. The van der Waals surface area contributed by atoms with Gasteiger partial charge in [-0.2, -0.15) is 0 Å². The molecule has 40 heavy (non-hydrogen) atoms. The molecule has 0 amide bonds. The minimum atomic E-state index is -3.58. The van der Waals surface area contributed by atoms with Crippen molar-refractivity contribution >= 4 is 44.9 Å². The topological polar surface area (TPSA) is 124 Å². The highest BCUT2D eigenvalue weighted by molar-refractivity contribution is 7.92. The standard InChI is InChI=1S/C27H28Cl2N2O8S/c1-36-23-9-7-17(10-26(23)37-2)24(12-19-20(28)13-31(33)14-21(19)29)39-27(32)18-6-8-22(30-40(3,34)35)25(11-18)38-15-16-4-5-16/h6-11,13-14,16,24H,4-5,12,15H2,1-3H3,(H-,30,32,33)/p+1/t24-/m0/s1. The SMILES string of the molecule is COc1ccc([C@H](Cc2c(Cl)c[n+](O)cc2Cl)OC(=O)c2ccc(NS(C)(=O)=O)c(OCC3CC3)c2)cc1OC. The quantitative estimate of drug-likeness (QED) is 0.169. The highest BCUT2D eigenvalue weighted by Crippen LogP contribution is 2.37. The van der Waals surface area contributed by atoms with E-state index in [2.05, 4.69) is 4.72 Å². The number of nitrogens with one attached hydrogen (secondary N) is 1. The van der Waals surface area contributed by atoms with Gasteiger partial charge in [-0.05, 0) is 54.7 Å². The number of carbonyl (C=O) groups excluding carboxylic acids is 1. The monoisotopic (exact) mass is 611 g/mol. The molecule has 0 unspecified atom stereocenters. The number of anilines is 1. The van der Waals surface area contributed by atoms with E-state index in [-0.39, 0.29) is 33.5 Å². The summed E-state index contributed by atoms with van der Waals surface area (Å²) in [6.45, 7) is 0.404. The lowest BCUT2D eigenvalue weighted by Crippen LogP contribution is -2.29. The molecular formula is C27H29Cl2N2O8S+. The highest BCUT2D eigenvalue weighted by atomic mass is 35.5. The fourth-order valence-corrected chi connectivity index (χ4v) is 5.12. The molecule has 1 saturated carbocycles. The van der Waals surface area contributed by atoms with E-state index in [9.17, 15) is 18.4 Å². The molecule has 0 spiro atoms. The smallest absolute Gasteiger partial charge is 0.338 e. The van der Waals surface area contributed by atoms with E-state index < -0.39 is 22.1 Å². The van der Waals surface area contributed by atoms with Gasteiger partial charge in [-0.25, -0.2) is 13.2 Å². The molecular weight excluding hydrogens is 583 g/mol. The van der Waals surface area contributed by atoms with Crippen LogP contribution < -0.4 is 23.7 Å². The van der Waals surface area contributed by atoms with Gasteiger partial charge < -0.3 is 18.9 Å². The lowest BCUT2D eigenvalue weighted by Gasteiger charge is -2.21. The summed E-state index contributed by atoms with van der Waals surface area (Å²) in [4.78, 5) is 13.4. The number of ether oxygens (including phenoxy) is 4. The molecule has 1 fully saturated rings. The Hall–Kier alpha value is -3.41. The first-order valence-corrected chi connectivity index (χ1v) is 14.9. The number of nitrogens with zero attached hydrogens (tertiary/aromatic N) is 1. The summed E-state index contributed by atoms with van der Waals surface area (Å²) in [7, 11) is -0.585. The molecule has 10 nitrogen and oxygen atoms in total. The van der Waals surface area contributed by atoms with E-state index in [4.69, 9.17) is 42.1 Å². The van der Waals surface area contributed by atoms with Gasteiger partial charge in [0.2, 0.25) is 22.4 Å². The zero-order valence-corrected chi connectivity index (χ0v) is 24.3. The Balaban J connectivity index is 1.68. The Morgan fingerprint density at radius 3 is 2.33 bits per heavy atom. The zero-order valence-electron chi connectivity index (χ0n) is 22.0.